The van der Waals surface area contributed by atoms with Crippen molar-refractivity contribution in [2.24, 2.45) is 0 Å². The Morgan fingerprint density at radius 3 is 2.72 bits per heavy atom. The maximum atomic E-state index is 13.0. The van der Waals surface area contributed by atoms with Crippen molar-refractivity contribution in [2.75, 3.05) is 12.4 Å². The predicted octanol–water partition coefficient (Wildman–Crippen LogP) is 3.70. The molecular weight excluding hydrogens is 434 g/mol. The number of anilines is 1. The lowest BCUT2D eigenvalue weighted by Gasteiger charge is -2.09. The minimum absolute atomic E-state index is 0.142. The molecule has 2 aromatic carbocycles. The van der Waals surface area contributed by atoms with Gasteiger partial charge in [0, 0.05) is 28.6 Å². The Morgan fingerprint density at radius 2 is 1.97 bits per heavy atom. The summed E-state index contributed by atoms with van der Waals surface area (Å²) in [5.74, 6) is 1.58. The monoisotopic (exact) mass is 453 g/mol. The van der Waals surface area contributed by atoms with E-state index in [1.807, 2.05) is 55.5 Å². The third-order valence-electron chi connectivity index (χ3n) is 4.71. The van der Waals surface area contributed by atoms with Gasteiger partial charge in [-0.2, -0.15) is 9.50 Å². The van der Waals surface area contributed by atoms with Crippen molar-refractivity contribution < 1.29 is 4.74 Å². The first-order chi connectivity index (χ1) is 14.0. The van der Waals surface area contributed by atoms with E-state index in [-0.39, 0.29) is 5.56 Å². The van der Waals surface area contributed by atoms with Crippen LogP contribution in [0, 0.1) is 6.92 Å². The van der Waals surface area contributed by atoms with Crippen LogP contribution < -0.4 is 15.6 Å². The van der Waals surface area contributed by atoms with Crippen molar-refractivity contribution in [2.45, 2.75) is 19.9 Å². The van der Waals surface area contributed by atoms with Gasteiger partial charge in [-0.05, 0) is 30.7 Å². The highest BCUT2D eigenvalue weighted by Gasteiger charge is 2.14. The molecule has 29 heavy (non-hydrogen) atoms. The predicted molar refractivity (Wildman–Crippen MR) is 116 cm³/mol. The molecule has 2 N–H and O–H groups in total. The maximum Gasteiger partial charge on any atom is 0.277 e. The standard InChI is InChI=1S/C21H20BrN5O2/c1-13-17(10-14-6-4-3-5-7-14)19(28)27-21(24-13)25-20(26-27)23-12-15-11-16(22)8-9-18(15)29-2/h3-9,11H,10,12H2,1-2H3,(H2,23,24,25,26). The zero-order valence-electron chi connectivity index (χ0n) is 16.1. The van der Waals surface area contributed by atoms with Crippen LogP contribution in [0.5, 0.6) is 5.75 Å². The third-order valence-corrected chi connectivity index (χ3v) is 5.20. The molecule has 0 aliphatic rings. The number of halogens is 1. The van der Waals surface area contributed by atoms with Crippen LogP contribution in [0.1, 0.15) is 22.4 Å². The first-order valence-electron chi connectivity index (χ1n) is 9.13. The number of aromatic nitrogens is 4. The van der Waals surface area contributed by atoms with E-state index in [1.165, 1.54) is 4.52 Å². The average Bonchev–Trinajstić information content (AvgIpc) is 3.13. The maximum absolute atomic E-state index is 13.0. The summed E-state index contributed by atoms with van der Waals surface area (Å²) >= 11 is 3.47. The molecule has 8 heteroatoms. The lowest BCUT2D eigenvalue weighted by atomic mass is 10.1. The molecule has 0 radical (unpaired) electrons. The number of hydrogen-bond donors (Lipinski definition) is 2. The van der Waals surface area contributed by atoms with Crippen LogP contribution >= 0.6 is 15.9 Å². The van der Waals surface area contributed by atoms with Crippen LogP contribution in [-0.4, -0.2) is 26.7 Å². The van der Waals surface area contributed by atoms with Gasteiger partial charge in [0.1, 0.15) is 5.75 Å². The van der Waals surface area contributed by atoms with Crippen molar-refractivity contribution in [3.63, 3.8) is 0 Å². The summed E-state index contributed by atoms with van der Waals surface area (Å²) in [7, 11) is 1.63. The molecule has 0 spiro atoms. The molecule has 0 aliphatic heterocycles. The van der Waals surface area contributed by atoms with Crippen molar-refractivity contribution in [1.29, 1.82) is 0 Å². The van der Waals surface area contributed by atoms with E-state index < -0.39 is 0 Å². The van der Waals surface area contributed by atoms with Gasteiger partial charge in [-0.3, -0.25) is 9.89 Å². The molecule has 0 unspecified atom stereocenters. The molecule has 4 rings (SSSR count). The molecule has 0 aliphatic carbocycles. The molecule has 7 nitrogen and oxygen atoms in total. The van der Waals surface area contributed by atoms with Gasteiger partial charge in [0.25, 0.3) is 11.3 Å². The Balaban J connectivity index is 1.62. The van der Waals surface area contributed by atoms with Crippen LogP contribution in [0.4, 0.5) is 5.95 Å². The summed E-state index contributed by atoms with van der Waals surface area (Å²) in [6.07, 6.45) is 0.526. The molecule has 0 bridgehead atoms. The van der Waals surface area contributed by atoms with Crippen LogP contribution in [0.2, 0.25) is 0 Å². The number of benzene rings is 2. The second-order valence-electron chi connectivity index (χ2n) is 6.66. The molecule has 2 aromatic heterocycles. The summed E-state index contributed by atoms with van der Waals surface area (Å²) in [6.45, 7) is 2.32. The van der Waals surface area contributed by atoms with Gasteiger partial charge in [0.2, 0.25) is 5.95 Å². The lowest BCUT2D eigenvalue weighted by Crippen LogP contribution is -2.22. The number of aromatic amines is 1. The van der Waals surface area contributed by atoms with Crippen molar-refractivity contribution in [3.05, 3.63) is 85.7 Å². The van der Waals surface area contributed by atoms with Crippen molar-refractivity contribution >= 4 is 27.7 Å². The second kappa shape index (κ2) is 8.08. The van der Waals surface area contributed by atoms with Gasteiger partial charge >= 0.3 is 0 Å². The SMILES string of the molecule is COc1ccc(Br)cc1CNc1nc2nc(C)c(Cc3ccccc3)c(=O)n2[nH]1. The quantitative estimate of drug-likeness (QED) is 0.464. The molecule has 0 atom stereocenters. The molecule has 0 amide bonds. The Hall–Kier alpha value is -3.13. The minimum atomic E-state index is -0.142. The molecular formula is C21H20BrN5O2. The van der Waals surface area contributed by atoms with Gasteiger partial charge in [-0.25, -0.2) is 4.98 Å². The van der Waals surface area contributed by atoms with E-state index in [0.29, 0.717) is 35.9 Å². The Bertz CT molecular complexity index is 1220. The minimum Gasteiger partial charge on any atom is -0.496 e. The van der Waals surface area contributed by atoms with Gasteiger partial charge < -0.3 is 10.1 Å². The largest absolute Gasteiger partial charge is 0.496 e. The summed E-state index contributed by atoms with van der Waals surface area (Å²) < 4.78 is 7.73. The summed E-state index contributed by atoms with van der Waals surface area (Å²) in [5, 5.41) is 6.21. The molecule has 2 heterocycles. The fraction of sp³-hybridized carbons (Fsp3) is 0.190. The van der Waals surface area contributed by atoms with E-state index in [2.05, 4.69) is 36.3 Å². The molecule has 4 aromatic rings. The van der Waals surface area contributed by atoms with E-state index >= 15 is 0 Å². The number of ether oxygens (including phenoxy) is 1. The molecule has 148 valence electrons. The fourth-order valence-corrected chi connectivity index (χ4v) is 3.61. The zero-order chi connectivity index (χ0) is 20.4. The van der Waals surface area contributed by atoms with Gasteiger partial charge in [0.05, 0.1) is 12.8 Å². The number of nitrogens with one attached hydrogen (secondary N) is 2. The molecule has 0 saturated carbocycles. The number of hydrogen-bond acceptors (Lipinski definition) is 5. The van der Waals surface area contributed by atoms with Crippen LogP contribution in [0.25, 0.3) is 5.78 Å². The van der Waals surface area contributed by atoms with Crippen LogP contribution in [0.3, 0.4) is 0 Å². The van der Waals surface area contributed by atoms with Crippen molar-refractivity contribution in [3.8, 4) is 5.75 Å². The first-order valence-corrected chi connectivity index (χ1v) is 9.93. The Kier molecular flexibility index (Phi) is 5.35. The van der Waals surface area contributed by atoms with Gasteiger partial charge in [-0.1, -0.05) is 46.3 Å². The van der Waals surface area contributed by atoms with Crippen molar-refractivity contribution in [1.82, 2.24) is 19.6 Å². The zero-order valence-corrected chi connectivity index (χ0v) is 17.7. The Labute approximate surface area is 175 Å². The number of aryl methyl sites for hydroxylation is 1. The van der Waals surface area contributed by atoms with E-state index in [1.54, 1.807) is 7.11 Å². The Morgan fingerprint density at radius 1 is 1.17 bits per heavy atom. The topological polar surface area (TPSA) is 84.3 Å². The smallest absolute Gasteiger partial charge is 0.277 e. The highest BCUT2D eigenvalue weighted by Crippen LogP contribution is 2.23. The summed E-state index contributed by atoms with van der Waals surface area (Å²) in [6, 6.07) is 15.7. The number of nitrogens with zero attached hydrogens (tertiary/aromatic N) is 3. The van der Waals surface area contributed by atoms with E-state index in [9.17, 15) is 4.79 Å². The lowest BCUT2D eigenvalue weighted by molar-refractivity contribution is 0.410. The van der Waals surface area contributed by atoms with Gasteiger partial charge in [0.15, 0.2) is 0 Å². The fourth-order valence-electron chi connectivity index (χ4n) is 3.20. The average molecular weight is 454 g/mol. The normalized spacial score (nSPS) is 11.0. The summed E-state index contributed by atoms with van der Waals surface area (Å²) in [5.41, 5.74) is 3.22. The van der Waals surface area contributed by atoms with Crippen LogP contribution in [-0.2, 0) is 13.0 Å². The van der Waals surface area contributed by atoms with E-state index in [4.69, 9.17) is 4.74 Å². The second-order valence-corrected chi connectivity index (χ2v) is 7.58. The highest BCUT2D eigenvalue weighted by atomic mass is 79.9. The third kappa shape index (κ3) is 4.02. The first kappa shape index (κ1) is 19.2. The van der Waals surface area contributed by atoms with E-state index in [0.717, 1.165) is 21.3 Å². The van der Waals surface area contributed by atoms with Gasteiger partial charge in [-0.15, -0.1) is 0 Å². The summed E-state index contributed by atoms with van der Waals surface area (Å²) in [4.78, 5) is 21.9. The number of methoxy groups -OCH3 is 1. The molecule has 0 fully saturated rings. The number of H-pyrrole nitrogens is 1. The molecule has 0 saturated heterocycles. The number of rotatable bonds is 6. The number of fused-ring (bicyclic) bond motifs is 1. The highest BCUT2D eigenvalue weighted by molar-refractivity contribution is 9.10. The van der Waals surface area contributed by atoms with Crippen LogP contribution in [0.15, 0.2) is 57.8 Å².